The molecule has 2 amide bonds. The van der Waals surface area contributed by atoms with Crippen molar-refractivity contribution in [3.63, 3.8) is 0 Å². The molecular weight excluding hydrogens is 426 g/mol. The van der Waals surface area contributed by atoms with Gasteiger partial charge in [0.1, 0.15) is 0 Å². The van der Waals surface area contributed by atoms with Gasteiger partial charge in [0.2, 0.25) is 11.8 Å². The third kappa shape index (κ3) is 5.58. The minimum Gasteiger partial charge on any atom is -0.352 e. The number of aromatic nitrogens is 2. The zero-order valence-electron chi connectivity index (χ0n) is 18.7. The van der Waals surface area contributed by atoms with Crippen molar-refractivity contribution in [2.75, 3.05) is 32.7 Å². The minimum absolute atomic E-state index is 0.00950. The smallest absolute Gasteiger partial charge is 0.246 e. The van der Waals surface area contributed by atoms with E-state index in [0.717, 1.165) is 40.4 Å². The van der Waals surface area contributed by atoms with Crippen molar-refractivity contribution in [2.24, 2.45) is 0 Å². The number of rotatable bonds is 7. The summed E-state index contributed by atoms with van der Waals surface area (Å²) in [7, 11) is 0. The van der Waals surface area contributed by atoms with Gasteiger partial charge in [-0.1, -0.05) is 29.8 Å². The molecule has 0 bridgehead atoms. The highest BCUT2D eigenvalue weighted by Crippen LogP contribution is 2.21. The highest BCUT2D eigenvalue weighted by molar-refractivity contribution is 6.31. The number of nitrogens with one attached hydrogen (secondary N) is 1. The third-order valence-electron chi connectivity index (χ3n) is 6.10. The second-order valence-corrected chi connectivity index (χ2v) is 9.02. The number of amides is 2. The lowest BCUT2D eigenvalue weighted by Gasteiger charge is -2.33. The zero-order valence-corrected chi connectivity index (χ0v) is 19.4. The molecule has 1 saturated carbocycles. The van der Waals surface area contributed by atoms with Crippen LogP contribution in [0.15, 0.2) is 30.3 Å². The van der Waals surface area contributed by atoms with E-state index >= 15 is 0 Å². The Morgan fingerprint density at radius 3 is 2.56 bits per heavy atom. The van der Waals surface area contributed by atoms with Gasteiger partial charge in [-0.05, 0) is 44.4 Å². The Bertz CT molecular complexity index is 1020. The van der Waals surface area contributed by atoms with Crippen LogP contribution in [0.3, 0.4) is 0 Å². The van der Waals surface area contributed by atoms with Crippen molar-refractivity contribution in [3.8, 4) is 0 Å². The number of carbonyl (C=O) groups is 2. The molecule has 0 atom stereocenters. The second kappa shape index (κ2) is 9.88. The summed E-state index contributed by atoms with van der Waals surface area (Å²) in [5.41, 5.74) is 3.85. The van der Waals surface area contributed by atoms with E-state index < -0.39 is 0 Å². The fraction of sp³-hybridized carbons (Fsp3) is 0.458. The van der Waals surface area contributed by atoms with Gasteiger partial charge in [0.05, 0.1) is 18.8 Å². The second-order valence-electron chi connectivity index (χ2n) is 8.61. The van der Waals surface area contributed by atoms with Gasteiger partial charge in [-0.25, -0.2) is 0 Å². The first-order chi connectivity index (χ1) is 15.4. The first-order valence-corrected chi connectivity index (χ1v) is 11.5. The van der Waals surface area contributed by atoms with Crippen molar-refractivity contribution in [2.45, 2.75) is 39.3 Å². The molecular formula is C24H30ClN5O2. The van der Waals surface area contributed by atoms with Crippen molar-refractivity contribution in [3.05, 3.63) is 57.9 Å². The van der Waals surface area contributed by atoms with Crippen LogP contribution >= 0.6 is 11.6 Å². The molecule has 32 heavy (non-hydrogen) atoms. The van der Waals surface area contributed by atoms with Crippen LogP contribution in [-0.2, 0) is 16.1 Å². The van der Waals surface area contributed by atoms with Crippen LogP contribution in [0.1, 0.15) is 35.4 Å². The molecule has 1 aliphatic carbocycles. The number of piperazine rings is 1. The lowest BCUT2D eigenvalue weighted by molar-refractivity contribution is -0.128. The standard InChI is InChI=1S/C24H30ClN5O2/c1-17-21(18(2)30(27-17)15-19-5-3-4-6-22(19)25)9-10-24(32)29-13-11-28(12-14-29)16-23(31)26-20-7-8-20/h3-6,9-10,20H,7-8,11-16H2,1-2H3,(H,26,31)/b10-9+. The molecule has 1 aromatic carbocycles. The van der Waals surface area contributed by atoms with Gasteiger partial charge < -0.3 is 10.2 Å². The summed E-state index contributed by atoms with van der Waals surface area (Å²) >= 11 is 6.29. The Labute approximate surface area is 194 Å². The van der Waals surface area contributed by atoms with Gasteiger partial charge in [0.25, 0.3) is 0 Å². The summed E-state index contributed by atoms with van der Waals surface area (Å²) in [6.07, 6.45) is 5.68. The fourth-order valence-electron chi connectivity index (χ4n) is 3.98. The summed E-state index contributed by atoms with van der Waals surface area (Å²) in [6, 6.07) is 8.13. The summed E-state index contributed by atoms with van der Waals surface area (Å²) < 4.78 is 1.92. The quantitative estimate of drug-likeness (QED) is 0.651. The maximum Gasteiger partial charge on any atom is 0.246 e. The molecule has 2 aromatic rings. The molecule has 2 aliphatic rings. The van der Waals surface area contributed by atoms with Gasteiger partial charge >= 0.3 is 0 Å². The first kappa shape index (κ1) is 22.6. The lowest BCUT2D eigenvalue weighted by Crippen LogP contribution is -2.51. The number of carbonyl (C=O) groups excluding carboxylic acids is 2. The molecule has 2 fully saturated rings. The molecule has 1 aliphatic heterocycles. The molecule has 1 N–H and O–H groups in total. The number of hydrogen-bond donors (Lipinski definition) is 1. The highest BCUT2D eigenvalue weighted by Gasteiger charge is 2.26. The largest absolute Gasteiger partial charge is 0.352 e. The summed E-state index contributed by atoms with van der Waals surface area (Å²) in [5.74, 6) is 0.0802. The monoisotopic (exact) mass is 455 g/mol. The average molecular weight is 456 g/mol. The number of hydrogen-bond acceptors (Lipinski definition) is 4. The minimum atomic E-state index is -0.00950. The molecule has 1 saturated heterocycles. The number of aryl methyl sites for hydroxylation is 1. The van der Waals surface area contributed by atoms with Gasteiger partial charge in [-0.15, -0.1) is 0 Å². The first-order valence-electron chi connectivity index (χ1n) is 11.2. The predicted octanol–water partition coefficient (Wildman–Crippen LogP) is 2.64. The molecule has 8 heteroatoms. The number of nitrogens with zero attached hydrogens (tertiary/aromatic N) is 4. The molecule has 7 nitrogen and oxygen atoms in total. The van der Waals surface area contributed by atoms with E-state index in [9.17, 15) is 9.59 Å². The molecule has 4 rings (SSSR count). The van der Waals surface area contributed by atoms with E-state index in [0.29, 0.717) is 45.3 Å². The van der Waals surface area contributed by atoms with E-state index in [1.54, 1.807) is 6.08 Å². The summed E-state index contributed by atoms with van der Waals surface area (Å²) in [5, 5.41) is 8.37. The Kier molecular flexibility index (Phi) is 6.96. The Balaban J connectivity index is 1.32. The molecule has 0 spiro atoms. The Morgan fingerprint density at radius 1 is 1.16 bits per heavy atom. The van der Waals surface area contributed by atoms with Crippen molar-refractivity contribution < 1.29 is 9.59 Å². The molecule has 0 radical (unpaired) electrons. The molecule has 0 unspecified atom stereocenters. The molecule has 170 valence electrons. The van der Waals surface area contributed by atoms with E-state index in [1.165, 1.54) is 0 Å². The van der Waals surface area contributed by atoms with Crippen molar-refractivity contribution in [1.29, 1.82) is 0 Å². The van der Waals surface area contributed by atoms with Gasteiger partial charge in [0.15, 0.2) is 0 Å². The molecule has 2 heterocycles. The zero-order chi connectivity index (χ0) is 22.7. The van der Waals surface area contributed by atoms with E-state index in [4.69, 9.17) is 11.6 Å². The maximum absolute atomic E-state index is 12.7. The SMILES string of the molecule is Cc1nn(Cc2ccccc2Cl)c(C)c1/C=C/C(=O)N1CCN(CC(=O)NC2CC2)CC1. The van der Waals surface area contributed by atoms with Crippen LogP contribution in [-0.4, -0.2) is 70.2 Å². The lowest BCUT2D eigenvalue weighted by atomic mass is 10.1. The van der Waals surface area contributed by atoms with Crippen LogP contribution in [0.2, 0.25) is 5.02 Å². The highest BCUT2D eigenvalue weighted by atomic mass is 35.5. The number of halogens is 1. The summed E-state index contributed by atoms with van der Waals surface area (Å²) in [6.45, 7) is 7.64. The van der Waals surface area contributed by atoms with E-state index in [-0.39, 0.29) is 11.8 Å². The van der Waals surface area contributed by atoms with Crippen LogP contribution in [0.25, 0.3) is 6.08 Å². The van der Waals surface area contributed by atoms with Gasteiger partial charge in [-0.2, -0.15) is 5.10 Å². The number of benzene rings is 1. The summed E-state index contributed by atoms with van der Waals surface area (Å²) in [4.78, 5) is 28.6. The van der Waals surface area contributed by atoms with Crippen molar-refractivity contribution >= 4 is 29.5 Å². The van der Waals surface area contributed by atoms with Crippen molar-refractivity contribution in [1.82, 2.24) is 24.9 Å². The van der Waals surface area contributed by atoms with E-state index in [1.807, 2.05) is 53.8 Å². The van der Waals surface area contributed by atoms with Crippen LogP contribution in [0.4, 0.5) is 0 Å². The van der Waals surface area contributed by atoms with Crippen LogP contribution < -0.4 is 5.32 Å². The average Bonchev–Trinajstić information content (AvgIpc) is 3.54. The van der Waals surface area contributed by atoms with Gasteiger partial charge in [0, 0.05) is 54.6 Å². The fourth-order valence-corrected chi connectivity index (χ4v) is 4.18. The Morgan fingerprint density at radius 2 is 1.88 bits per heavy atom. The van der Waals surface area contributed by atoms with Crippen LogP contribution in [0.5, 0.6) is 0 Å². The third-order valence-corrected chi connectivity index (χ3v) is 6.47. The topological polar surface area (TPSA) is 70.5 Å². The Hall–Kier alpha value is -2.64. The van der Waals surface area contributed by atoms with Gasteiger partial charge in [-0.3, -0.25) is 19.2 Å². The molecule has 1 aromatic heterocycles. The van der Waals surface area contributed by atoms with Crippen LogP contribution in [0, 0.1) is 13.8 Å². The maximum atomic E-state index is 12.7. The normalized spacial score (nSPS) is 17.2. The predicted molar refractivity (Wildman–Crippen MR) is 125 cm³/mol. The van der Waals surface area contributed by atoms with E-state index in [2.05, 4.69) is 15.3 Å².